The number of benzene rings is 1. The van der Waals surface area contributed by atoms with E-state index in [-0.39, 0.29) is 41.9 Å². The lowest BCUT2D eigenvalue weighted by molar-refractivity contribution is 0.120. The smallest absolute Gasteiger partial charge is 0.216 e. The number of aliphatic hydroxyl groups is 1. The van der Waals surface area contributed by atoms with Crippen LogP contribution in [0, 0.1) is 0 Å². The Hall–Kier alpha value is -0.910. The van der Waals surface area contributed by atoms with Crippen LogP contribution in [0.5, 0.6) is 0 Å². The van der Waals surface area contributed by atoms with E-state index in [1.165, 1.54) is 0 Å². The molecule has 1 aliphatic rings. The van der Waals surface area contributed by atoms with E-state index < -0.39 is 10.0 Å². The Labute approximate surface area is 192 Å². The molecule has 0 heterocycles. The maximum Gasteiger partial charge on any atom is 0.216 e. The highest BCUT2D eigenvalue weighted by Gasteiger charge is 2.20. The summed E-state index contributed by atoms with van der Waals surface area (Å²) in [5.41, 5.74) is 1.78. The average molecular weight is 538 g/mol. The van der Waals surface area contributed by atoms with E-state index in [0.29, 0.717) is 12.6 Å². The Morgan fingerprint density at radius 2 is 1.72 bits per heavy atom. The lowest BCUT2D eigenvalue weighted by atomic mass is 9.93. The van der Waals surface area contributed by atoms with Gasteiger partial charge in [-0.15, -0.1) is 24.0 Å². The van der Waals surface area contributed by atoms with Gasteiger partial charge in [-0.3, -0.25) is 0 Å². The summed E-state index contributed by atoms with van der Waals surface area (Å²) in [6.45, 7) is 6.94. The Kier molecular flexibility index (Phi) is 11.4. The molecule has 0 spiro atoms. The van der Waals surface area contributed by atoms with Crippen LogP contribution >= 0.6 is 24.0 Å². The first-order valence-corrected chi connectivity index (χ1v) is 11.7. The molecule has 0 aliphatic heterocycles. The molecule has 29 heavy (non-hydrogen) atoms. The van der Waals surface area contributed by atoms with Gasteiger partial charge in [0, 0.05) is 18.6 Å². The molecule has 1 aromatic carbocycles. The third-order valence-corrected chi connectivity index (χ3v) is 6.14. The summed E-state index contributed by atoms with van der Waals surface area (Å²) in [6, 6.07) is 7.75. The second-order valence-electron chi connectivity index (χ2n) is 7.69. The summed E-state index contributed by atoms with van der Waals surface area (Å²) in [5.74, 6) is 0.753. The van der Waals surface area contributed by atoms with Gasteiger partial charge >= 0.3 is 0 Å². The summed E-state index contributed by atoms with van der Waals surface area (Å²) in [7, 11) is -3.32. The summed E-state index contributed by atoms with van der Waals surface area (Å²) >= 11 is 0. The molecule has 0 saturated heterocycles. The van der Waals surface area contributed by atoms with Gasteiger partial charge in [-0.2, -0.15) is 0 Å². The molecule has 2 rings (SSSR count). The zero-order chi connectivity index (χ0) is 20.6. The van der Waals surface area contributed by atoms with Crippen molar-refractivity contribution in [2.75, 3.05) is 6.54 Å². The number of nitrogens with zero attached hydrogens (tertiary/aromatic N) is 1. The number of aliphatic imine (C=N–C) groups is 1. The van der Waals surface area contributed by atoms with Gasteiger partial charge in [0.1, 0.15) is 0 Å². The maximum atomic E-state index is 12.0. The van der Waals surface area contributed by atoms with Crippen molar-refractivity contribution < 1.29 is 13.5 Å². The van der Waals surface area contributed by atoms with Crippen molar-refractivity contribution in [1.82, 2.24) is 15.4 Å². The highest BCUT2D eigenvalue weighted by atomic mass is 127. The van der Waals surface area contributed by atoms with Crippen LogP contribution in [0.3, 0.4) is 0 Å². The molecule has 0 unspecified atom stereocenters. The first-order valence-electron chi connectivity index (χ1n) is 10.1. The summed E-state index contributed by atoms with van der Waals surface area (Å²) in [5, 5.41) is 16.3. The molecule has 0 radical (unpaired) electrons. The second-order valence-corrected chi connectivity index (χ2v) is 9.45. The maximum absolute atomic E-state index is 12.0. The van der Waals surface area contributed by atoms with E-state index in [4.69, 9.17) is 0 Å². The van der Waals surface area contributed by atoms with E-state index >= 15 is 0 Å². The molecule has 4 N–H and O–H groups in total. The van der Waals surface area contributed by atoms with Crippen molar-refractivity contribution in [1.29, 1.82) is 0 Å². The van der Waals surface area contributed by atoms with Gasteiger partial charge in [-0.25, -0.2) is 18.1 Å². The minimum absolute atomic E-state index is 0. The van der Waals surface area contributed by atoms with Crippen molar-refractivity contribution in [3.05, 3.63) is 35.4 Å². The average Bonchev–Trinajstić information content (AvgIpc) is 2.61. The second kappa shape index (κ2) is 12.7. The largest absolute Gasteiger partial charge is 0.393 e. The third-order valence-electron chi connectivity index (χ3n) is 4.60. The van der Waals surface area contributed by atoms with Crippen molar-refractivity contribution in [3.63, 3.8) is 0 Å². The molecule has 0 amide bonds. The van der Waals surface area contributed by atoms with Gasteiger partial charge in [0.05, 0.1) is 18.4 Å². The van der Waals surface area contributed by atoms with Crippen LogP contribution in [0.2, 0.25) is 0 Å². The first-order chi connectivity index (χ1) is 13.3. The minimum atomic E-state index is -3.32. The fourth-order valence-electron chi connectivity index (χ4n) is 3.26. The number of hydrogen-bond donors (Lipinski definition) is 4. The monoisotopic (exact) mass is 538 g/mol. The summed E-state index contributed by atoms with van der Waals surface area (Å²) in [6.07, 6.45) is 3.37. The lowest BCUT2D eigenvalue weighted by Gasteiger charge is -2.27. The minimum Gasteiger partial charge on any atom is -0.393 e. The van der Waals surface area contributed by atoms with Gasteiger partial charge in [-0.1, -0.05) is 24.3 Å². The topological polar surface area (TPSA) is 103 Å². The number of guanidine groups is 1. The lowest BCUT2D eigenvalue weighted by Crippen LogP contribution is -2.45. The normalized spacial score (nSPS) is 20.2. The first kappa shape index (κ1) is 26.1. The van der Waals surface area contributed by atoms with E-state index in [2.05, 4.69) is 20.3 Å². The molecule has 0 atom stereocenters. The van der Waals surface area contributed by atoms with E-state index in [1.54, 1.807) is 0 Å². The highest BCUT2D eigenvalue weighted by Crippen LogP contribution is 2.18. The molecule has 7 nitrogen and oxygen atoms in total. The van der Waals surface area contributed by atoms with E-state index in [1.807, 2.05) is 45.0 Å². The number of aliphatic hydroxyl groups excluding tert-OH is 1. The predicted molar refractivity (Wildman–Crippen MR) is 129 cm³/mol. The van der Waals surface area contributed by atoms with Crippen molar-refractivity contribution in [2.45, 2.75) is 76.9 Å². The van der Waals surface area contributed by atoms with Crippen LogP contribution in [0.4, 0.5) is 0 Å². The van der Waals surface area contributed by atoms with Crippen LogP contribution in [0.15, 0.2) is 29.3 Å². The summed E-state index contributed by atoms with van der Waals surface area (Å²) in [4.78, 5) is 4.64. The number of sulfonamides is 1. The van der Waals surface area contributed by atoms with Gasteiger partial charge in [0.2, 0.25) is 10.0 Å². The zero-order valence-corrected chi connectivity index (χ0v) is 20.7. The third kappa shape index (κ3) is 10.1. The van der Waals surface area contributed by atoms with Crippen LogP contribution < -0.4 is 15.4 Å². The standard InChI is InChI=1S/C20H34N4O3S.HI/c1-4-21-20(23-18-9-11-19(25)12-10-18)22-13-16-5-7-17(8-6-16)14-28(26,27)24-15(2)3;/h5-8,15,18-19,24-25H,4,9-14H2,1-3H3,(H2,21,22,23);1H. The van der Waals surface area contributed by atoms with Gasteiger partial charge in [-0.05, 0) is 57.6 Å². The number of nitrogens with one attached hydrogen (secondary N) is 3. The van der Waals surface area contributed by atoms with Crippen LogP contribution in [0.25, 0.3) is 0 Å². The van der Waals surface area contributed by atoms with Crippen molar-refractivity contribution in [2.24, 2.45) is 4.99 Å². The molecular weight excluding hydrogens is 503 g/mol. The molecule has 166 valence electrons. The molecule has 0 bridgehead atoms. The zero-order valence-electron chi connectivity index (χ0n) is 17.5. The molecule has 1 fully saturated rings. The molecular formula is C20H35IN4O3S. The molecule has 0 aromatic heterocycles. The van der Waals surface area contributed by atoms with Crippen molar-refractivity contribution >= 4 is 40.0 Å². The van der Waals surface area contributed by atoms with Crippen LogP contribution in [-0.4, -0.2) is 44.2 Å². The van der Waals surface area contributed by atoms with Gasteiger partial charge < -0.3 is 15.7 Å². The van der Waals surface area contributed by atoms with Gasteiger partial charge in [0.15, 0.2) is 5.96 Å². The highest BCUT2D eigenvalue weighted by molar-refractivity contribution is 14.0. The Morgan fingerprint density at radius 3 is 2.28 bits per heavy atom. The number of rotatable bonds is 8. The number of halogens is 1. The summed E-state index contributed by atoms with van der Waals surface area (Å²) < 4.78 is 26.6. The quantitative estimate of drug-likeness (QED) is 0.232. The fraction of sp³-hybridized carbons (Fsp3) is 0.650. The SMILES string of the molecule is CCNC(=NCc1ccc(CS(=O)(=O)NC(C)C)cc1)NC1CCC(O)CC1.I. The molecule has 1 aliphatic carbocycles. The van der Waals surface area contributed by atoms with E-state index in [0.717, 1.165) is 49.3 Å². The predicted octanol–water partition coefficient (Wildman–Crippen LogP) is 2.49. The van der Waals surface area contributed by atoms with Crippen molar-refractivity contribution in [3.8, 4) is 0 Å². The fourth-order valence-corrected chi connectivity index (χ4v) is 4.70. The van der Waals surface area contributed by atoms with E-state index in [9.17, 15) is 13.5 Å². The Morgan fingerprint density at radius 1 is 1.14 bits per heavy atom. The van der Waals surface area contributed by atoms with Gasteiger partial charge in [0.25, 0.3) is 0 Å². The Balaban J connectivity index is 0.00000420. The Bertz CT molecular complexity index is 731. The number of hydrogen-bond acceptors (Lipinski definition) is 4. The molecule has 9 heteroatoms. The molecule has 1 aromatic rings. The molecule has 1 saturated carbocycles. The van der Waals surface area contributed by atoms with Crippen LogP contribution in [0.1, 0.15) is 57.6 Å². The van der Waals surface area contributed by atoms with Crippen LogP contribution in [-0.2, 0) is 22.3 Å².